The second-order valence-electron chi connectivity index (χ2n) is 6.06. The average molecular weight is 420 g/mol. The van der Waals surface area contributed by atoms with E-state index in [0.717, 1.165) is 22.5 Å². The van der Waals surface area contributed by atoms with Gasteiger partial charge in [0, 0.05) is 13.1 Å². The molecule has 0 saturated carbocycles. The van der Waals surface area contributed by atoms with Crippen molar-refractivity contribution >= 4 is 27.8 Å². The Kier molecular flexibility index (Phi) is 5.49. The second kappa shape index (κ2) is 7.72. The SMILES string of the molecule is CCN(CC)S(=O)(=O)c1ccc(F)c(C(=O)ON2C(=O)c3ccccc3C2=O)c1. The molecule has 0 bridgehead atoms. The summed E-state index contributed by atoms with van der Waals surface area (Å²) in [5, 5.41) is 0.234. The third-order valence-electron chi connectivity index (χ3n) is 4.43. The number of rotatable bonds is 6. The van der Waals surface area contributed by atoms with Gasteiger partial charge in [-0.05, 0) is 30.3 Å². The maximum absolute atomic E-state index is 14.2. The number of carbonyl (C=O) groups excluding carboxylic acids is 3. The van der Waals surface area contributed by atoms with Gasteiger partial charge >= 0.3 is 5.97 Å². The van der Waals surface area contributed by atoms with Crippen molar-refractivity contribution in [3.63, 3.8) is 0 Å². The zero-order valence-electron chi connectivity index (χ0n) is 15.6. The molecule has 0 atom stereocenters. The number of carbonyl (C=O) groups is 3. The monoisotopic (exact) mass is 420 g/mol. The molecule has 1 aliphatic rings. The number of hydroxylamine groups is 2. The van der Waals surface area contributed by atoms with Gasteiger partial charge in [0.15, 0.2) is 0 Å². The Hall–Kier alpha value is -3.11. The van der Waals surface area contributed by atoms with E-state index in [1.165, 1.54) is 24.3 Å². The molecule has 0 spiro atoms. The highest BCUT2D eigenvalue weighted by Gasteiger charge is 2.39. The summed E-state index contributed by atoms with van der Waals surface area (Å²) in [6.45, 7) is 3.65. The maximum atomic E-state index is 14.2. The highest BCUT2D eigenvalue weighted by atomic mass is 32.2. The number of hydrogen-bond donors (Lipinski definition) is 0. The fraction of sp³-hybridized carbons (Fsp3) is 0.211. The number of sulfonamides is 1. The lowest BCUT2D eigenvalue weighted by atomic mass is 10.1. The average Bonchev–Trinajstić information content (AvgIpc) is 2.94. The van der Waals surface area contributed by atoms with Gasteiger partial charge in [-0.25, -0.2) is 17.6 Å². The minimum atomic E-state index is -3.96. The largest absolute Gasteiger partial charge is 0.366 e. The van der Waals surface area contributed by atoms with Crippen molar-refractivity contribution in [3.8, 4) is 0 Å². The molecule has 0 radical (unpaired) electrons. The van der Waals surface area contributed by atoms with Crippen LogP contribution in [0.25, 0.3) is 0 Å². The van der Waals surface area contributed by atoms with E-state index in [4.69, 9.17) is 4.84 Å². The number of amides is 2. The Morgan fingerprint density at radius 1 is 1.03 bits per heavy atom. The lowest BCUT2D eigenvalue weighted by Gasteiger charge is -2.19. The summed E-state index contributed by atoms with van der Waals surface area (Å²) in [7, 11) is -3.96. The zero-order valence-corrected chi connectivity index (χ0v) is 16.4. The Morgan fingerprint density at radius 3 is 2.10 bits per heavy atom. The molecular formula is C19H17FN2O6S. The summed E-state index contributed by atoms with van der Waals surface area (Å²) < 4.78 is 40.6. The third-order valence-corrected chi connectivity index (χ3v) is 6.48. The van der Waals surface area contributed by atoms with Crippen molar-refractivity contribution in [2.24, 2.45) is 0 Å². The van der Waals surface area contributed by atoms with E-state index in [1.54, 1.807) is 13.8 Å². The van der Waals surface area contributed by atoms with Crippen molar-refractivity contribution in [1.29, 1.82) is 0 Å². The molecule has 0 fully saturated rings. The first-order valence-electron chi connectivity index (χ1n) is 8.72. The number of benzene rings is 2. The van der Waals surface area contributed by atoms with E-state index in [2.05, 4.69) is 0 Å². The number of imide groups is 1. The smallest absolute Gasteiger partial charge is 0.324 e. The standard InChI is InChI=1S/C19H17FN2O6S/c1-3-21(4-2)29(26,27)12-9-10-16(20)15(11-12)19(25)28-22-17(23)13-7-5-6-8-14(13)18(22)24/h5-11H,3-4H2,1-2H3. The van der Waals surface area contributed by atoms with Crippen LogP contribution >= 0.6 is 0 Å². The Morgan fingerprint density at radius 2 is 1.59 bits per heavy atom. The molecule has 3 rings (SSSR count). The minimum absolute atomic E-state index is 0.0450. The van der Waals surface area contributed by atoms with Crippen LogP contribution in [0.5, 0.6) is 0 Å². The molecule has 1 aliphatic heterocycles. The van der Waals surface area contributed by atoms with Gasteiger partial charge in [-0.15, -0.1) is 0 Å². The van der Waals surface area contributed by atoms with Crippen LogP contribution in [-0.4, -0.2) is 48.7 Å². The first-order valence-corrected chi connectivity index (χ1v) is 10.2. The van der Waals surface area contributed by atoms with Crippen molar-refractivity contribution in [1.82, 2.24) is 9.37 Å². The van der Waals surface area contributed by atoms with Gasteiger partial charge in [-0.3, -0.25) is 9.59 Å². The van der Waals surface area contributed by atoms with Crippen LogP contribution in [0.1, 0.15) is 44.9 Å². The molecule has 0 saturated heterocycles. The predicted molar refractivity (Wildman–Crippen MR) is 98.9 cm³/mol. The number of hydrogen-bond acceptors (Lipinski definition) is 6. The topological polar surface area (TPSA) is 101 Å². The van der Waals surface area contributed by atoms with Crippen molar-refractivity contribution < 1.29 is 32.0 Å². The van der Waals surface area contributed by atoms with E-state index in [-0.39, 0.29) is 34.2 Å². The molecule has 0 unspecified atom stereocenters. The molecule has 2 amide bonds. The molecule has 0 aromatic heterocycles. The lowest BCUT2D eigenvalue weighted by Crippen LogP contribution is -2.33. The van der Waals surface area contributed by atoms with Crippen molar-refractivity contribution in [2.45, 2.75) is 18.7 Å². The molecular weight excluding hydrogens is 403 g/mol. The first kappa shape index (κ1) is 20.6. The van der Waals surface area contributed by atoms with E-state index in [0.29, 0.717) is 0 Å². The third kappa shape index (κ3) is 3.52. The second-order valence-corrected chi connectivity index (χ2v) is 8.00. The Labute approximate surface area is 166 Å². The number of halogens is 1. The zero-order chi connectivity index (χ0) is 21.3. The van der Waals surface area contributed by atoms with Gasteiger partial charge in [0.25, 0.3) is 11.8 Å². The van der Waals surface area contributed by atoms with Gasteiger partial charge in [0.05, 0.1) is 21.6 Å². The van der Waals surface area contributed by atoms with Crippen LogP contribution in [0.4, 0.5) is 4.39 Å². The maximum Gasteiger partial charge on any atom is 0.366 e. The Balaban J connectivity index is 1.91. The van der Waals surface area contributed by atoms with Crippen LogP contribution in [-0.2, 0) is 14.9 Å². The van der Waals surface area contributed by atoms with Crippen molar-refractivity contribution in [2.75, 3.05) is 13.1 Å². The molecule has 152 valence electrons. The molecule has 2 aromatic rings. The summed E-state index contributed by atoms with van der Waals surface area (Å²) >= 11 is 0. The molecule has 29 heavy (non-hydrogen) atoms. The molecule has 0 N–H and O–H groups in total. The van der Waals surface area contributed by atoms with Crippen molar-refractivity contribution in [3.05, 3.63) is 65.0 Å². The summed E-state index contributed by atoms with van der Waals surface area (Å²) in [6, 6.07) is 8.52. The summed E-state index contributed by atoms with van der Waals surface area (Å²) in [5.41, 5.74) is -0.623. The van der Waals surface area contributed by atoms with Gasteiger partial charge in [-0.1, -0.05) is 31.0 Å². The van der Waals surface area contributed by atoms with E-state index in [1.807, 2.05) is 0 Å². The van der Waals surface area contributed by atoms with Crippen LogP contribution in [0, 0.1) is 5.82 Å². The fourth-order valence-corrected chi connectivity index (χ4v) is 4.40. The number of nitrogens with zero attached hydrogens (tertiary/aromatic N) is 2. The molecule has 10 heteroatoms. The normalized spacial score (nSPS) is 13.7. The molecule has 8 nitrogen and oxygen atoms in total. The van der Waals surface area contributed by atoms with Gasteiger partial charge in [-0.2, -0.15) is 4.31 Å². The van der Waals surface area contributed by atoms with E-state index in [9.17, 15) is 27.2 Å². The lowest BCUT2D eigenvalue weighted by molar-refractivity contribution is -0.0587. The van der Waals surface area contributed by atoms with Crippen LogP contribution in [0.2, 0.25) is 0 Å². The first-order chi connectivity index (χ1) is 13.7. The van der Waals surface area contributed by atoms with Gasteiger partial charge in [0.1, 0.15) is 5.82 Å². The highest BCUT2D eigenvalue weighted by molar-refractivity contribution is 7.89. The summed E-state index contributed by atoms with van der Waals surface area (Å²) in [5.74, 6) is -4.16. The fourth-order valence-electron chi connectivity index (χ4n) is 2.92. The number of fused-ring (bicyclic) bond motifs is 1. The van der Waals surface area contributed by atoms with E-state index < -0.39 is 39.2 Å². The van der Waals surface area contributed by atoms with Gasteiger partial charge in [0.2, 0.25) is 10.0 Å². The Bertz CT molecular complexity index is 1080. The molecule has 1 heterocycles. The van der Waals surface area contributed by atoms with E-state index >= 15 is 0 Å². The van der Waals surface area contributed by atoms with Gasteiger partial charge < -0.3 is 4.84 Å². The van der Waals surface area contributed by atoms with Crippen LogP contribution in [0.3, 0.4) is 0 Å². The molecule has 0 aliphatic carbocycles. The molecule has 2 aromatic carbocycles. The summed E-state index contributed by atoms with van der Waals surface area (Å²) in [4.78, 5) is 41.5. The predicted octanol–water partition coefficient (Wildman–Crippen LogP) is 2.22. The minimum Gasteiger partial charge on any atom is -0.324 e. The summed E-state index contributed by atoms with van der Waals surface area (Å²) in [6.07, 6.45) is 0. The quantitative estimate of drug-likeness (QED) is 0.665. The van der Waals surface area contributed by atoms with Crippen LogP contribution in [0.15, 0.2) is 47.4 Å². The highest BCUT2D eigenvalue weighted by Crippen LogP contribution is 2.25. The van der Waals surface area contributed by atoms with Crippen LogP contribution < -0.4 is 0 Å².